The topological polar surface area (TPSA) is 67.7 Å². The van der Waals surface area contributed by atoms with E-state index in [1.807, 2.05) is 0 Å². The zero-order valence-corrected chi connectivity index (χ0v) is 10.4. The molecule has 1 amide bonds. The van der Waals surface area contributed by atoms with Crippen LogP contribution < -0.4 is 4.74 Å². The summed E-state index contributed by atoms with van der Waals surface area (Å²) in [6, 6.07) is -0.0177. The number of amides is 1. The Balaban J connectivity index is 3.17. The average molecular weight is 276 g/mol. The molecule has 1 aromatic heterocycles. The van der Waals surface area contributed by atoms with Crippen molar-refractivity contribution in [2.24, 2.45) is 4.99 Å². The summed E-state index contributed by atoms with van der Waals surface area (Å²) in [5.74, 6) is -0.917. The number of aliphatic imine (C=N–C) groups is 1. The second-order valence-electron chi connectivity index (χ2n) is 3.64. The first-order valence-corrected chi connectivity index (χ1v) is 4.99. The number of carbonyl (C=O) groups is 1. The molecule has 6 nitrogen and oxygen atoms in total. The first kappa shape index (κ1) is 14.9. The molecular weight excluding hydrogens is 265 g/mol. The first-order chi connectivity index (χ1) is 8.74. The highest BCUT2D eigenvalue weighted by atomic mass is 19.4. The third-order valence-electron chi connectivity index (χ3n) is 1.80. The predicted molar refractivity (Wildman–Crippen MR) is 60.1 cm³/mol. The predicted octanol–water partition coefficient (Wildman–Crippen LogP) is 1.23. The molecule has 1 heterocycles. The summed E-state index contributed by atoms with van der Waals surface area (Å²) in [5, 5.41) is 0. The quantitative estimate of drug-likeness (QED) is 0.613. The Labute approximate surface area is 106 Å². The summed E-state index contributed by atoms with van der Waals surface area (Å²) in [6.45, 7) is 0. The van der Waals surface area contributed by atoms with Gasteiger partial charge in [0.15, 0.2) is 5.69 Å². The molecule has 0 aliphatic heterocycles. The monoisotopic (exact) mass is 276 g/mol. The standard InChI is InChI=1S/C10H11F3N4O2/c1-17(2)5-14-8(18)6-4-7(10(11,12)13)16-9(15-6)19-3/h4-5H,1-3H3. The van der Waals surface area contributed by atoms with Crippen LogP contribution in [0.5, 0.6) is 6.01 Å². The van der Waals surface area contributed by atoms with Gasteiger partial charge in [0.05, 0.1) is 13.4 Å². The van der Waals surface area contributed by atoms with Gasteiger partial charge >= 0.3 is 12.2 Å². The molecule has 1 rings (SSSR count). The van der Waals surface area contributed by atoms with E-state index < -0.39 is 29.5 Å². The minimum absolute atomic E-state index is 0.489. The molecule has 0 saturated carbocycles. The molecule has 1 aromatic rings. The first-order valence-electron chi connectivity index (χ1n) is 4.99. The summed E-state index contributed by atoms with van der Waals surface area (Å²) in [6.07, 6.45) is -3.54. The summed E-state index contributed by atoms with van der Waals surface area (Å²) < 4.78 is 42.2. The molecule has 104 valence electrons. The molecule has 0 fully saturated rings. The molecule has 0 unspecified atom stereocenters. The van der Waals surface area contributed by atoms with Gasteiger partial charge in [-0.3, -0.25) is 4.79 Å². The van der Waals surface area contributed by atoms with Crippen LogP contribution in [-0.4, -0.2) is 48.3 Å². The van der Waals surface area contributed by atoms with Crippen LogP contribution in [0.1, 0.15) is 16.2 Å². The van der Waals surface area contributed by atoms with Crippen molar-refractivity contribution in [2.45, 2.75) is 6.18 Å². The van der Waals surface area contributed by atoms with Crippen molar-refractivity contribution < 1.29 is 22.7 Å². The molecule has 0 atom stereocenters. The number of halogens is 3. The number of aromatic nitrogens is 2. The van der Waals surface area contributed by atoms with Crippen molar-refractivity contribution in [1.82, 2.24) is 14.9 Å². The number of nitrogens with zero attached hydrogens (tertiary/aromatic N) is 4. The van der Waals surface area contributed by atoms with Crippen LogP contribution in [0.25, 0.3) is 0 Å². The van der Waals surface area contributed by atoms with Crippen molar-refractivity contribution in [3.63, 3.8) is 0 Å². The van der Waals surface area contributed by atoms with Crippen molar-refractivity contribution in [2.75, 3.05) is 21.2 Å². The lowest BCUT2D eigenvalue weighted by molar-refractivity contribution is -0.141. The van der Waals surface area contributed by atoms with Gasteiger partial charge in [0, 0.05) is 20.2 Å². The highest BCUT2D eigenvalue weighted by Gasteiger charge is 2.34. The molecular formula is C10H11F3N4O2. The smallest absolute Gasteiger partial charge is 0.433 e. The fraction of sp³-hybridized carbons (Fsp3) is 0.400. The van der Waals surface area contributed by atoms with Gasteiger partial charge in [-0.05, 0) is 0 Å². The highest BCUT2D eigenvalue weighted by molar-refractivity contribution is 5.97. The second-order valence-corrected chi connectivity index (χ2v) is 3.64. The third kappa shape index (κ3) is 4.19. The normalized spacial score (nSPS) is 11.7. The number of hydrogen-bond donors (Lipinski definition) is 0. The highest BCUT2D eigenvalue weighted by Crippen LogP contribution is 2.29. The lowest BCUT2D eigenvalue weighted by atomic mass is 10.3. The maximum atomic E-state index is 12.6. The van der Waals surface area contributed by atoms with Crippen LogP contribution in [0.3, 0.4) is 0 Å². The van der Waals surface area contributed by atoms with E-state index in [4.69, 9.17) is 0 Å². The molecule has 19 heavy (non-hydrogen) atoms. The van der Waals surface area contributed by atoms with Crippen LogP contribution >= 0.6 is 0 Å². The van der Waals surface area contributed by atoms with E-state index >= 15 is 0 Å². The number of rotatable bonds is 3. The van der Waals surface area contributed by atoms with Crippen molar-refractivity contribution in [3.05, 3.63) is 17.5 Å². The number of alkyl halides is 3. The van der Waals surface area contributed by atoms with Crippen LogP contribution in [0.4, 0.5) is 13.2 Å². The van der Waals surface area contributed by atoms with Crippen LogP contribution in [0.2, 0.25) is 0 Å². The molecule has 9 heteroatoms. The largest absolute Gasteiger partial charge is 0.467 e. The third-order valence-corrected chi connectivity index (χ3v) is 1.80. The summed E-state index contributed by atoms with van der Waals surface area (Å²) >= 11 is 0. The number of hydrogen-bond acceptors (Lipinski definition) is 4. The number of ether oxygens (including phenoxy) is 1. The molecule has 0 aromatic carbocycles. The van der Waals surface area contributed by atoms with Crippen molar-refractivity contribution in [3.8, 4) is 6.01 Å². The van der Waals surface area contributed by atoms with Gasteiger partial charge in [0.1, 0.15) is 5.69 Å². The Bertz CT molecular complexity index is 500. The van der Waals surface area contributed by atoms with Gasteiger partial charge in [-0.2, -0.15) is 28.1 Å². The molecule has 0 radical (unpaired) electrons. The van der Waals surface area contributed by atoms with Gasteiger partial charge in [-0.1, -0.05) is 0 Å². The lowest BCUT2D eigenvalue weighted by Gasteiger charge is -2.08. The Kier molecular flexibility index (Phi) is 4.41. The van der Waals surface area contributed by atoms with Gasteiger partial charge < -0.3 is 9.64 Å². The van der Waals surface area contributed by atoms with Gasteiger partial charge in [0.25, 0.3) is 5.91 Å². The van der Waals surface area contributed by atoms with Crippen molar-refractivity contribution in [1.29, 1.82) is 0 Å². The van der Waals surface area contributed by atoms with E-state index in [0.717, 1.165) is 13.4 Å². The second kappa shape index (κ2) is 5.63. The molecule has 0 saturated heterocycles. The maximum Gasteiger partial charge on any atom is 0.433 e. The Morgan fingerprint density at radius 3 is 2.53 bits per heavy atom. The lowest BCUT2D eigenvalue weighted by Crippen LogP contribution is -2.14. The van der Waals surface area contributed by atoms with E-state index in [0.29, 0.717) is 6.07 Å². The van der Waals surface area contributed by atoms with E-state index in [9.17, 15) is 18.0 Å². The molecule has 0 spiro atoms. The summed E-state index contributed by atoms with van der Waals surface area (Å²) in [4.78, 5) is 23.1. The van der Waals surface area contributed by atoms with E-state index in [1.165, 1.54) is 4.90 Å². The van der Waals surface area contributed by atoms with Gasteiger partial charge in [-0.25, -0.2) is 0 Å². The van der Waals surface area contributed by atoms with Crippen molar-refractivity contribution >= 4 is 12.2 Å². The summed E-state index contributed by atoms with van der Waals surface area (Å²) in [5.41, 5.74) is -1.75. The van der Waals surface area contributed by atoms with Gasteiger partial charge in [0.2, 0.25) is 0 Å². The van der Waals surface area contributed by atoms with E-state index in [1.54, 1.807) is 14.1 Å². The number of carbonyl (C=O) groups excluding carboxylic acids is 1. The Morgan fingerprint density at radius 1 is 1.42 bits per heavy atom. The maximum absolute atomic E-state index is 12.6. The average Bonchev–Trinajstić information content (AvgIpc) is 2.34. The Morgan fingerprint density at radius 2 is 2.05 bits per heavy atom. The van der Waals surface area contributed by atoms with E-state index in [-0.39, 0.29) is 0 Å². The molecule has 0 aliphatic carbocycles. The zero-order valence-electron chi connectivity index (χ0n) is 10.4. The molecule has 0 N–H and O–H groups in total. The minimum Gasteiger partial charge on any atom is -0.467 e. The van der Waals surface area contributed by atoms with Crippen LogP contribution in [-0.2, 0) is 6.18 Å². The fourth-order valence-electron chi connectivity index (χ4n) is 1.01. The summed E-state index contributed by atoms with van der Waals surface area (Å²) in [7, 11) is 4.32. The fourth-order valence-corrected chi connectivity index (χ4v) is 1.01. The van der Waals surface area contributed by atoms with Crippen LogP contribution in [0.15, 0.2) is 11.1 Å². The molecule has 0 aliphatic rings. The Hall–Kier alpha value is -2.19. The van der Waals surface area contributed by atoms with E-state index in [2.05, 4.69) is 19.7 Å². The van der Waals surface area contributed by atoms with Crippen LogP contribution in [0, 0.1) is 0 Å². The minimum atomic E-state index is -4.70. The van der Waals surface area contributed by atoms with Gasteiger partial charge in [-0.15, -0.1) is 0 Å². The SMILES string of the molecule is COc1nc(C(=O)N=CN(C)C)cc(C(F)(F)F)n1. The molecule has 0 bridgehead atoms. The zero-order chi connectivity index (χ0) is 14.6. The number of methoxy groups -OCH3 is 1.